The summed E-state index contributed by atoms with van der Waals surface area (Å²) in [6.07, 6.45) is 5.33. The van der Waals surface area contributed by atoms with Gasteiger partial charge in [0, 0.05) is 68.5 Å². The molecule has 0 spiro atoms. The molecule has 0 atom stereocenters. The fourth-order valence-corrected chi connectivity index (χ4v) is 4.93. The van der Waals surface area contributed by atoms with Crippen molar-refractivity contribution >= 4 is 34.1 Å². The van der Waals surface area contributed by atoms with Gasteiger partial charge in [-0.3, -0.25) is 4.79 Å². The molecule has 5 rings (SSSR count). The van der Waals surface area contributed by atoms with Gasteiger partial charge in [0.1, 0.15) is 11.5 Å². The van der Waals surface area contributed by atoms with Crippen molar-refractivity contribution in [2.24, 2.45) is 7.05 Å². The molecule has 1 aromatic carbocycles. The molecule has 1 saturated heterocycles. The summed E-state index contributed by atoms with van der Waals surface area (Å²) in [5.41, 5.74) is 13.6. The Labute approximate surface area is 205 Å². The summed E-state index contributed by atoms with van der Waals surface area (Å²) in [6, 6.07) is 9.89. The maximum absolute atomic E-state index is 13.2. The molecule has 0 unspecified atom stereocenters. The fraction of sp³-hybridized carbons (Fsp3) is 0.296. The molecule has 35 heavy (non-hydrogen) atoms. The minimum absolute atomic E-state index is 0.201. The van der Waals surface area contributed by atoms with Crippen molar-refractivity contribution in [2.45, 2.75) is 13.8 Å². The minimum atomic E-state index is -0.296. The van der Waals surface area contributed by atoms with Crippen LogP contribution in [0.3, 0.4) is 0 Å². The van der Waals surface area contributed by atoms with Crippen LogP contribution >= 0.6 is 0 Å². The zero-order valence-corrected chi connectivity index (χ0v) is 20.7. The van der Waals surface area contributed by atoms with Crippen molar-refractivity contribution in [3.63, 3.8) is 0 Å². The number of nitrogens with one attached hydrogen (secondary N) is 1. The lowest BCUT2D eigenvalue weighted by Gasteiger charge is -2.36. The third-order valence-corrected chi connectivity index (χ3v) is 6.82. The molecule has 3 N–H and O–H groups in total. The number of anilines is 3. The summed E-state index contributed by atoms with van der Waals surface area (Å²) in [5.74, 6) is -0.0946. The first-order valence-electron chi connectivity index (χ1n) is 11.8. The van der Waals surface area contributed by atoms with Crippen molar-refractivity contribution in [3.8, 4) is 11.1 Å². The van der Waals surface area contributed by atoms with Gasteiger partial charge < -0.3 is 25.4 Å². The van der Waals surface area contributed by atoms with Crippen LogP contribution in [-0.2, 0) is 7.05 Å². The average Bonchev–Trinajstić information content (AvgIpc) is 3.22. The van der Waals surface area contributed by atoms with Crippen molar-refractivity contribution in [3.05, 3.63) is 65.6 Å². The lowest BCUT2D eigenvalue weighted by Crippen LogP contribution is -2.45. The van der Waals surface area contributed by atoms with Crippen molar-refractivity contribution in [2.75, 3.05) is 49.2 Å². The van der Waals surface area contributed by atoms with Crippen LogP contribution < -0.4 is 16.0 Å². The summed E-state index contributed by atoms with van der Waals surface area (Å²) < 4.78 is 1.91. The maximum Gasteiger partial charge on any atom is 0.259 e. The number of hydrogen-bond acceptors (Lipinski definition) is 6. The van der Waals surface area contributed by atoms with E-state index in [9.17, 15) is 4.79 Å². The summed E-state index contributed by atoms with van der Waals surface area (Å²) in [6.45, 7) is 8.47. The van der Waals surface area contributed by atoms with E-state index < -0.39 is 0 Å². The van der Waals surface area contributed by atoms with Gasteiger partial charge >= 0.3 is 0 Å². The molecular weight excluding hydrogens is 438 g/mol. The predicted molar refractivity (Wildman–Crippen MR) is 142 cm³/mol. The third-order valence-electron chi connectivity index (χ3n) is 6.82. The normalized spacial score (nSPS) is 14.5. The fourth-order valence-electron chi connectivity index (χ4n) is 4.93. The van der Waals surface area contributed by atoms with E-state index >= 15 is 0 Å². The number of nitrogens with two attached hydrogens (primary N) is 1. The van der Waals surface area contributed by atoms with Crippen molar-refractivity contribution in [1.82, 2.24) is 19.4 Å². The van der Waals surface area contributed by atoms with Gasteiger partial charge in [-0.2, -0.15) is 0 Å². The molecule has 0 radical (unpaired) electrons. The quantitative estimate of drug-likeness (QED) is 0.472. The number of likely N-dealkylation sites (N-methyl/N-ethyl adjacent to an activating group) is 1. The van der Waals surface area contributed by atoms with E-state index in [-0.39, 0.29) is 11.7 Å². The van der Waals surface area contributed by atoms with Crippen LogP contribution in [0.1, 0.15) is 21.5 Å². The van der Waals surface area contributed by atoms with E-state index in [1.54, 1.807) is 18.5 Å². The molecule has 1 aliphatic rings. The number of nitrogens with zero attached hydrogens (tertiary/aromatic N) is 5. The van der Waals surface area contributed by atoms with Gasteiger partial charge in [0.15, 0.2) is 0 Å². The molecule has 1 amide bonds. The highest BCUT2D eigenvalue weighted by molar-refractivity contribution is 6.11. The number of piperazine rings is 1. The van der Waals surface area contributed by atoms with E-state index in [4.69, 9.17) is 5.73 Å². The first-order valence-corrected chi connectivity index (χ1v) is 11.8. The Morgan fingerprint density at radius 1 is 0.971 bits per heavy atom. The predicted octanol–water partition coefficient (Wildman–Crippen LogP) is 3.84. The molecule has 1 fully saturated rings. The zero-order valence-electron chi connectivity index (χ0n) is 20.7. The van der Waals surface area contributed by atoms with Crippen molar-refractivity contribution in [1.29, 1.82) is 0 Å². The molecule has 8 nitrogen and oxygen atoms in total. The van der Waals surface area contributed by atoms with Gasteiger partial charge in [0.05, 0.1) is 11.3 Å². The summed E-state index contributed by atoms with van der Waals surface area (Å²) in [4.78, 5) is 26.8. The maximum atomic E-state index is 13.2. The van der Waals surface area contributed by atoms with Gasteiger partial charge in [-0.1, -0.05) is 0 Å². The average molecular weight is 470 g/mol. The molecule has 0 saturated carbocycles. The van der Waals surface area contributed by atoms with E-state index in [2.05, 4.69) is 58.1 Å². The Morgan fingerprint density at radius 3 is 2.40 bits per heavy atom. The van der Waals surface area contributed by atoms with Crippen LogP contribution in [0.4, 0.5) is 17.2 Å². The van der Waals surface area contributed by atoms with Crippen molar-refractivity contribution < 1.29 is 4.79 Å². The Hall–Kier alpha value is -3.91. The summed E-state index contributed by atoms with van der Waals surface area (Å²) in [7, 11) is 4.09. The number of aryl methyl sites for hydroxylation is 3. The molecular formula is C27H31N7O. The molecule has 4 aromatic rings. The molecule has 3 aromatic heterocycles. The topological polar surface area (TPSA) is 92.3 Å². The van der Waals surface area contributed by atoms with Crippen LogP contribution in [0.15, 0.2) is 48.9 Å². The number of nitrogen functional groups attached to an aromatic ring is 1. The number of amides is 1. The lowest BCUT2D eigenvalue weighted by molar-refractivity contribution is 0.102. The smallest absolute Gasteiger partial charge is 0.259 e. The number of pyridine rings is 2. The van der Waals surface area contributed by atoms with Crippen LogP contribution in [0.5, 0.6) is 0 Å². The zero-order chi connectivity index (χ0) is 24.7. The summed E-state index contributed by atoms with van der Waals surface area (Å²) in [5, 5.41) is 3.86. The number of aromatic nitrogens is 3. The Balaban J connectivity index is 1.44. The van der Waals surface area contributed by atoms with E-state index in [1.807, 2.05) is 29.9 Å². The minimum Gasteiger partial charge on any atom is -0.383 e. The standard InChI is InChI=1S/C27H31N7O/c1-17-13-19(14-18(2)24(17)34-11-9-32(3)10-12-34)20-15-22(25(28)30-16-20)27(35)31-23-5-7-29-26-21(23)6-8-33(26)4/h5-8,13-16H,9-12H2,1-4H3,(H2,28,30)(H,29,31,35). The van der Waals surface area contributed by atoms with Crippen LogP contribution in [0.2, 0.25) is 0 Å². The number of fused-ring (bicyclic) bond motifs is 1. The Morgan fingerprint density at radius 2 is 1.69 bits per heavy atom. The third kappa shape index (κ3) is 4.33. The summed E-state index contributed by atoms with van der Waals surface area (Å²) >= 11 is 0. The van der Waals surface area contributed by atoms with Gasteiger partial charge in [0.25, 0.3) is 5.91 Å². The van der Waals surface area contributed by atoms with E-state index in [0.717, 1.165) is 48.3 Å². The first kappa shape index (κ1) is 22.9. The van der Waals surface area contributed by atoms with Gasteiger partial charge in [0.2, 0.25) is 0 Å². The van der Waals surface area contributed by atoms with Crippen LogP contribution in [-0.4, -0.2) is 58.6 Å². The number of rotatable bonds is 4. The molecule has 0 bridgehead atoms. The number of hydrogen-bond donors (Lipinski definition) is 2. The largest absolute Gasteiger partial charge is 0.383 e. The van der Waals surface area contributed by atoms with E-state index in [0.29, 0.717) is 11.3 Å². The number of benzene rings is 1. The van der Waals surface area contributed by atoms with Gasteiger partial charge in [-0.15, -0.1) is 0 Å². The SMILES string of the molecule is Cc1cc(-c2cnc(N)c(C(=O)Nc3ccnc4c3ccn4C)c2)cc(C)c1N1CCN(C)CC1. The number of carbonyl (C=O) groups excluding carboxylic acids is 1. The molecule has 0 aliphatic carbocycles. The number of carbonyl (C=O) groups is 1. The van der Waals surface area contributed by atoms with Gasteiger partial charge in [-0.25, -0.2) is 9.97 Å². The highest BCUT2D eigenvalue weighted by atomic mass is 16.1. The lowest BCUT2D eigenvalue weighted by atomic mass is 9.97. The molecule has 8 heteroatoms. The van der Waals surface area contributed by atoms with Gasteiger partial charge in [-0.05, 0) is 67.9 Å². The second-order valence-electron chi connectivity index (χ2n) is 9.38. The molecule has 4 heterocycles. The van der Waals surface area contributed by atoms with E-state index in [1.165, 1.54) is 16.8 Å². The first-order chi connectivity index (χ1) is 16.8. The monoisotopic (exact) mass is 469 g/mol. The second-order valence-corrected chi connectivity index (χ2v) is 9.38. The second kappa shape index (κ2) is 9.03. The Bertz CT molecular complexity index is 1390. The highest BCUT2D eigenvalue weighted by Crippen LogP contribution is 2.32. The molecule has 180 valence electrons. The highest BCUT2D eigenvalue weighted by Gasteiger charge is 2.20. The van der Waals surface area contributed by atoms with Crippen LogP contribution in [0, 0.1) is 13.8 Å². The Kier molecular flexibility index (Phi) is 5.90. The van der Waals surface area contributed by atoms with Crippen LogP contribution in [0.25, 0.3) is 22.2 Å². The molecule has 1 aliphatic heterocycles.